The van der Waals surface area contributed by atoms with Crippen LogP contribution < -0.4 is 0 Å². The van der Waals surface area contributed by atoms with Crippen LogP contribution in [0.5, 0.6) is 0 Å². The van der Waals surface area contributed by atoms with Crippen LogP contribution in [0.1, 0.15) is 16.8 Å². The van der Waals surface area contributed by atoms with Gasteiger partial charge in [0.05, 0.1) is 11.9 Å². The van der Waals surface area contributed by atoms with E-state index in [4.69, 9.17) is 28.2 Å². The van der Waals surface area contributed by atoms with Crippen LogP contribution in [0.3, 0.4) is 0 Å². The third kappa shape index (κ3) is 3.70. The lowest BCUT2D eigenvalue weighted by Crippen LogP contribution is -2.31. The van der Waals surface area contributed by atoms with Gasteiger partial charge in [-0.1, -0.05) is 23.2 Å². The molecule has 2 aromatic heterocycles. The average molecular weight is 389 g/mol. The maximum atomic E-state index is 13.4. The number of nitrogens with zero attached hydrogens (tertiary/aromatic N) is 4. The van der Waals surface area contributed by atoms with E-state index in [0.29, 0.717) is 34.7 Å². The molecule has 0 atom stereocenters. The predicted molar refractivity (Wildman–Crippen MR) is 99.5 cm³/mol. The summed E-state index contributed by atoms with van der Waals surface area (Å²) in [5.74, 6) is 0.323. The molecule has 7 heteroatoms. The molecular formula is C19H15Cl2FN4. The molecule has 0 bridgehead atoms. The maximum Gasteiger partial charge on any atom is 0.159 e. The molecule has 4 nitrogen and oxygen atoms in total. The number of pyridine rings is 1. The van der Waals surface area contributed by atoms with Crippen molar-refractivity contribution in [2.75, 3.05) is 6.54 Å². The van der Waals surface area contributed by atoms with Crippen molar-refractivity contribution in [3.05, 3.63) is 75.5 Å². The topological polar surface area (TPSA) is 41.9 Å². The Morgan fingerprint density at radius 1 is 1.08 bits per heavy atom. The molecule has 1 aliphatic rings. The fourth-order valence-electron chi connectivity index (χ4n) is 3.06. The fraction of sp³-hybridized carbons (Fsp3) is 0.211. The van der Waals surface area contributed by atoms with E-state index in [2.05, 4.69) is 14.9 Å². The molecule has 1 aliphatic heterocycles. The van der Waals surface area contributed by atoms with Gasteiger partial charge in [-0.3, -0.25) is 4.90 Å². The minimum Gasteiger partial charge on any atom is -0.294 e. The van der Waals surface area contributed by atoms with Crippen LogP contribution in [0.15, 0.2) is 42.7 Å². The largest absolute Gasteiger partial charge is 0.294 e. The van der Waals surface area contributed by atoms with Crippen LogP contribution in [-0.2, 0) is 19.5 Å². The molecule has 26 heavy (non-hydrogen) atoms. The summed E-state index contributed by atoms with van der Waals surface area (Å²) in [4.78, 5) is 15.3. The highest BCUT2D eigenvalue weighted by Crippen LogP contribution is 2.24. The van der Waals surface area contributed by atoms with Gasteiger partial charge in [0.1, 0.15) is 11.0 Å². The summed E-state index contributed by atoms with van der Waals surface area (Å²) in [5.41, 5.74) is 3.75. The molecule has 132 valence electrons. The van der Waals surface area contributed by atoms with Crippen LogP contribution in [0.25, 0.3) is 11.4 Å². The first-order chi connectivity index (χ1) is 12.6. The molecule has 0 spiro atoms. The molecule has 0 unspecified atom stereocenters. The number of rotatable bonds is 3. The SMILES string of the molecule is Fc1cnc(Cl)c(CN2CCc3nc(-c4ccc(Cl)cc4)ncc3C2)c1. The number of hydrogen-bond donors (Lipinski definition) is 0. The minimum atomic E-state index is -0.377. The standard InChI is InChI=1S/C19H15Cl2FN4/c20-15-3-1-12(2-4-15)19-24-8-14-11-26(6-5-17(14)25-19)10-13-7-16(22)9-23-18(13)21/h1-4,7-9H,5-6,10-11H2. The van der Waals surface area contributed by atoms with Crippen LogP contribution in [0, 0.1) is 5.82 Å². The van der Waals surface area contributed by atoms with Crippen molar-refractivity contribution in [3.63, 3.8) is 0 Å². The van der Waals surface area contributed by atoms with Crippen molar-refractivity contribution in [1.82, 2.24) is 19.9 Å². The number of benzene rings is 1. The molecule has 1 aromatic carbocycles. The Morgan fingerprint density at radius 3 is 2.69 bits per heavy atom. The molecule has 0 aliphatic carbocycles. The first kappa shape index (κ1) is 17.3. The van der Waals surface area contributed by atoms with Gasteiger partial charge in [-0.2, -0.15) is 0 Å². The van der Waals surface area contributed by atoms with Crippen molar-refractivity contribution in [2.24, 2.45) is 0 Å². The first-order valence-electron chi connectivity index (χ1n) is 8.21. The van der Waals surface area contributed by atoms with E-state index in [-0.39, 0.29) is 5.82 Å². The van der Waals surface area contributed by atoms with E-state index >= 15 is 0 Å². The van der Waals surface area contributed by atoms with Crippen molar-refractivity contribution >= 4 is 23.2 Å². The van der Waals surface area contributed by atoms with Gasteiger partial charge in [0.15, 0.2) is 5.82 Å². The van der Waals surface area contributed by atoms with Crippen molar-refractivity contribution in [1.29, 1.82) is 0 Å². The lowest BCUT2D eigenvalue weighted by molar-refractivity contribution is 0.242. The molecule has 3 heterocycles. The minimum absolute atomic E-state index is 0.339. The average Bonchev–Trinajstić information content (AvgIpc) is 2.65. The van der Waals surface area contributed by atoms with Crippen LogP contribution in [0.4, 0.5) is 4.39 Å². The zero-order valence-electron chi connectivity index (χ0n) is 13.8. The number of halogens is 3. The highest BCUT2D eigenvalue weighted by atomic mass is 35.5. The molecule has 0 fully saturated rings. The Kier molecular flexibility index (Phi) is 4.85. The highest BCUT2D eigenvalue weighted by molar-refractivity contribution is 6.30. The molecule has 0 radical (unpaired) electrons. The van der Waals surface area contributed by atoms with Gasteiger partial charge in [0, 0.05) is 54.0 Å². The summed E-state index contributed by atoms with van der Waals surface area (Å²) >= 11 is 12.0. The van der Waals surface area contributed by atoms with Gasteiger partial charge in [-0.25, -0.2) is 19.3 Å². The normalized spacial score (nSPS) is 14.3. The second-order valence-corrected chi connectivity index (χ2v) is 7.03. The van der Waals surface area contributed by atoms with Crippen molar-refractivity contribution < 1.29 is 4.39 Å². The van der Waals surface area contributed by atoms with Gasteiger partial charge in [0.2, 0.25) is 0 Å². The summed E-state index contributed by atoms with van der Waals surface area (Å²) in [7, 11) is 0. The smallest absolute Gasteiger partial charge is 0.159 e. The lowest BCUT2D eigenvalue weighted by Gasteiger charge is -2.28. The van der Waals surface area contributed by atoms with E-state index in [1.165, 1.54) is 6.07 Å². The molecular weight excluding hydrogens is 374 g/mol. The lowest BCUT2D eigenvalue weighted by atomic mass is 10.1. The van der Waals surface area contributed by atoms with E-state index in [9.17, 15) is 4.39 Å². The van der Waals surface area contributed by atoms with Crippen LogP contribution in [0.2, 0.25) is 10.2 Å². The second-order valence-electron chi connectivity index (χ2n) is 6.24. The van der Waals surface area contributed by atoms with Gasteiger partial charge in [-0.15, -0.1) is 0 Å². The predicted octanol–water partition coefficient (Wildman–Crippen LogP) is 4.54. The Morgan fingerprint density at radius 2 is 1.88 bits per heavy atom. The fourth-order valence-corrected chi connectivity index (χ4v) is 3.35. The monoisotopic (exact) mass is 388 g/mol. The zero-order valence-corrected chi connectivity index (χ0v) is 15.3. The summed E-state index contributed by atoms with van der Waals surface area (Å²) in [6.45, 7) is 2.06. The number of hydrogen-bond acceptors (Lipinski definition) is 4. The zero-order chi connectivity index (χ0) is 18.1. The quantitative estimate of drug-likeness (QED) is 0.617. The molecule has 4 rings (SSSR count). The number of fused-ring (bicyclic) bond motifs is 1. The van der Waals surface area contributed by atoms with Crippen molar-refractivity contribution in [3.8, 4) is 11.4 Å². The van der Waals surface area contributed by atoms with E-state index in [1.54, 1.807) is 0 Å². The molecule has 0 saturated heterocycles. The third-order valence-electron chi connectivity index (χ3n) is 4.39. The third-order valence-corrected chi connectivity index (χ3v) is 4.98. The van der Waals surface area contributed by atoms with E-state index in [1.807, 2.05) is 30.5 Å². The Balaban J connectivity index is 1.52. The Labute approximate surface area is 160 Å². The Bertz CT molecular complexity index is 947. The summed E-state index contributed by atoms with van der Waals surface area (Å²) < 4.78 is 13.4. The number of aromatic nitrogens is 3. The molecule has 3 aromatic rings. The van der Waals surface area contributed by atoms with E-state index in [0.717, 1.165) is 36.0 Å². The van der Waals surface area contributed by atoms with Gasteiger partial charge in [-0.05, 0) is 30.3 Å². The van der Waals surface area contributed by atoms with Crippen LogP contribution in [-0.4, -0.2) is 26.4 Å². The highest BCUT2D eigenvalue weighted by Gasteiger charge is 2.20. The Hall–Kier alpha value is -2.08. The van der Waals surface area contributed by atoms with Crippen molar-refractivity contribution in [2.45, 2.75) is 19.5 Å². The van der Waals surface area contributed by atoms with Gasteiger partial charge in [0.25, 0.3) is 0 Å². The van der Waals surface area contributed by atoms with Crippen LogP contribution >= 0.6 is 23.2 Å². The molecule has 0 amide bonds. The summed E-state index contributed by atoms with van der Waals surface area (Å²) in [6.07, 6.45) is 3.80. The second kappa shape index (κ2) is 7.27. The van der Waals surface area contributed by atoms with Gasteiger partial charge < -0.3 is 0 Å². The van der Waals surface area contributed by atoms with Gasteiger partial charge >= 0.3 is 0 Å². The summed E-state index contributed by atoms with van der Waals surface area (Å²) in [6, 6.07) is 8.93. The molecule has 0 saturated carbocycles. The first-order valence-corrected chi connectivity index (χ1v) is 8.97. The summed E-state index contributed by atoms with van der Waals surface area (Å²) in [5, 5.41) is 1.03. The molecule has 0 N–H and O–H groups in total. The maximum absolute atomic E-state index is 13.4. The van der Waals surface area contributed by atoms with E-state index < -0.39 is 0 Å².